The SMILES string of the molecule is CCCCCCCC(CCCC)N1CC(Cl)CN2NC(N)C(C(=O)NC3CNCCC3O[C@@H]3CCCNC3)C21. The summed E-state index contributed by atoms with van der Waals surface area (Å²) in [6.45, 7) is 9.62. The number of unbranched alkanes of at least 4 members (excludes halogenated alkanes) is 5. The van der Waals surface area contributed by atoms with Crippen LogP contribution in [0.3, 0.4) is 0 Å². The first-order chi connectivity index (χ1) is 19.0. The minimum atomic E-state index is -0.436. The summed E-state index contributed by atoms with van der Waals surface area (Å²) in [6.07, 6.45) is 13.9. The summed E-state index contributed by atoms with van der Waals surface area (Å²) < 4.78 is 6.53. The molecule has 4 heterocycles. The molecule has 9 nitrogen and oxygen atoms in total. The van der Waals surface area contributed by atoms with Crippen LogP contribution in [0, 0.1) is 5.92 Å². The van der Waals surface area contributed by atoms with Crippen molar-refractivity contribution in [3.05, 3.63) is 0 Å². The zero-order valence-electron chi connectivity index (χ0n) is 24.5. The molecule has 0 aliphatic carbocycles. The van der Waals surface area contributed by atoms with E-state index in [1.165, 1.54) is 44.9 Å². The van der Waals surface area contributed by atoms with E-state index in [2.05, 4.69) is 45.1 Å². The molecule has 7 unspecified atom stereocenters. The van der Waals surface area contributed by atoms with Crippen molar-refractivity contribution >= 4 is 17.5 Å². The second kappa shape index (κ2) is 16.2. The summed E-state index contributed by atoms with van der Waals surface area (Å²) in [6, 6.07) is 0.357. The maximum Gasteiger partial charge on any atom is 0.229 e. The quantitative estimate of drug-likeness (QED) is 0.160. The largest absolute Gasteiger partial charge is 0.371 e. The minimum absolute atomic E-state index is 0.0106. The van der Waals surface area contributed by atoms with Crippen LogP contribution in [0.15, 0.2) is 0 Å². The van der Waals surface area contributed by atoms with Crippen LogP contribution in [0.4, 0.5) is 0 Å². The molecule has 10 heteroatoms. The van der Waals surface area contributed by atoms with Gasteiger partial charge in [0.2, 0.25) is 5.91 Å². The van der Waals surface area contributed by atoms with Gasteiger partial charge in [-0.3, -0.25) is 9.69 Å². The Bertz CT molecular complexity index is 728. The van der Waals surface area contributed by atoms with Gasteiger partial charge in [0.15, 0.2) is 0 Å². The van der Waals surface area contributed by atoms with Gasteiger partial charge in [0, 0.05) is 32.2 Å². The van der Waals surface area contributed by atoms with Crippen LogP contribution in [-0.2, 0) is 9.53 Å². The third-order valence-electron chi connectivity index (χ3n) is 9.15. The second-order valence-corrected chi connectivity index (χ2v) is 12.9. The Labute approximate surface area is 242 Å². The average Bonchev–Trinajstić information content (AvgIpc) is 3.27. The number of hydrogen-bond donors (Lipinski definition) is 5. The molecule has 0 aromatic carbocycles. The van der Waals surface area contributed by atoms with Crippen LogP contribution >= 0.6 is 11.6 Å². The predicted octanol–water partition coefficient (Wildman–Crippen LogP) is 2.49. The molecule has 6 N–H and O–H groups in total. The number of alkyl halides is 1. The van der Waals surface area contributed by atoms with E-state index in [1.807, 2.05) is 0 Å². The highest BCUT2D eigenvalue weighted by Crippen LogP contribution is 2.33. The number of hydrogen-bond acceptors (Lipinski definition) is 8. The van der Waals surface area contributed by atoms with Crippen molar-refractivity contribution in [2.45, 2.75) is 133 Å². The van der Waals surface area contributed by atoms with E-state index in [4.69, 9.17) is 22.1 Å². The number of nitrogens with one attached hydrogen (secondary N) is 4. The number of carbonyl (C=O) groups is 1. The lowest BCUT2D eigenvalue weighted by Gasteiger charge is -2.47. The summed E-state index contributed by atoms with van der Waals surface area (Å²) in [5.74, 6) is -0.334. The van der Waals surface area contributed by atoms with Crippen molar-refractivity contribution < 1.29 is 9.53 Å². The number of ether oxygens (including phenoxy) is 1. The van der Waals surface area contributed by atoms with Gasteiger partial charge in [-0.25, -0.2) is 10.4 Å². The smallest absolute Gasteiger partial charge is 0.229 e. The number of carbonyl (C=O) groups excluding carboxylic acids is 1. The van der Waals surface area contributed by atoms with Gasteiger partial charge in [0.05, 0.1) is 41.9 Å². The predicted molar refractivity (Wildman–Crippen MR) is 158 cm³/mol. The molecule has 4 aliphatic rings. The van der Waals surface area contributed by atoms with Crippen molar-refractivity contribution in [2.75, 3.05) is 39.3 Å². The molecule has 226 valence electrons. The molecule has 0 bridgehead atoms. The van der Waals surface area contributed by atoms with Crippen molar-refractivity contribution in [1.29, 1.82) is 0 Å². The molecule has 8 atom stereocenters. The number of rotatable bonds is 14. The fraction of sp³-hybridized carbons (Fsp3) is 0.966. The van der Waals surface area contributed by atoms with E-state index in [9.17, 15) is 4.79 Å². The molecule has 1 amide bonds. The fourth-order valence-corrected chi connectivity index (χ4v) is 7.36. The number of nitrogens with two attached hydrogens (primary N) is 1. The zero-order valence-corrected chi connectivity index (χ0v) is 25.3. The first-order valence-corrected chi connectivity index (χ1v) is 16.5. The van der Waals surface area contributed by atoms with Gasteiger partial charge in [-0.1, -0.05) is 58.8 Å². The van der Waals surface area contributed by atoms with Gasteiger partial charge >= 0.3 is 0 Å². The number of halogens is 1. The Morgan fingerprint density at radius 2 is 1.79 bits per heavy atom. The standard InChI is InChI=1S/C29H56ClN7O2/c1-3-5-7-8-9-12-22(11-6-4-2)36-19-21(30)20-37-29(36)26(27(31)35-37)28(38)34-24-18-33-16-14-25(24)39-23-13-10-15-32-17-23/h21-27,29,32-33,35H,3-20,31H2,1-2H3,(H,34,38)/t21?,22?,23-,24?,25?,26?,27?,29?/m1/s1. The van der Waals surface area contributed by atoms with Gasteiger partial charge in [-0.2, -0.15) is 0 Å². The number of fused-ring (bicyclic) bond motifs is 1. The van der Waals surface area contributed by atoms with E-state index in [0.29, 0.717) is 12.6 Å². The normalized spacial score (nSPS) is 35.0. The highest BCUT2D eigenvalue weighted by Gasteiger charge is 2.52. The summed E-state index contributed by atoms with van der Waals surface area (Å²) >= 11 is 6.81. The lowest BCUT2D eigenvalue weighted by Crippen LogP contribution is -2.64. The highest BCUT2D eigenvalue weighted by molar-refractivity contribution is 6.21. The second-order valence-electron chi connectivity index (χ2n) is 12.3. The first-order valence-electron chi connectivity index (χ1n) is 16.1. The van der Waals surface area contributed by atoms with Gasteiger partial charge < -0.3 is 26.4 Å². The van der Waals surface area contributed by atoms with Crippen LogP contribution in [0.5, 0.6) is 0 Å². The third kappa shape index (κ3) is 8.74. The van der Waals surface area contributed by atoms with E-state index in [-0.39, 0.29) is 41.6 Å². The van der Waals surface area contributed by atoms with Crippen molar-refractivity contribution in [2.24, 2.45) is 11.7 Å². The topological polar surface area (TPSA) is 107 Å². The van der Waals surface area contributed by atoms with E-state index in [1.54, 1.807) is 0 Å². The third-order valence-corrected chi connectivity index (χ3v) is 9.43. The van der Waals surface area contributed by atoms with Crippen LogP contribution in [0.2, 0.25) is 0 Å². The fourth-order valence-electron chi connectivity index (χ4n) is 7.05. The molecule has 39 heavy (non-hydrogen) atoms. The van der Waals surface area contributed by atoms with E-state index >= 15 is 0 Å². The Morgan fingerprint density at radius 3 is 2.56 bits per heavy atom. The Morgan fingerprint density at radius 1 is 1.03 bits per heavy atom. The number of nitrogens with zero attached hydrogens (tertiary/aromatic N) is 2. The number of hydrazine groups is 1. The van der Waals surface area contributed by atoms with Crippen molar-refractivity contribution in [3.8, 4) is 0 Å². The van der Waals surface area contributed by atoms with Crippen LogP contribution in [-0.4, -0.2) is 97.1 Å². The molecule has 0 radical (unpaired) electrons. The Kier molecular flexibility index (Phi) is 13.1. The monoisotopic (exact) mass is 569 g/mol. The van der Waals surface area contributed by atoms with Crippen molar-refractivity contribution in [3.63, 3.8) is 0 Å². The number of amides is 1. The molecule has 4 aliphatic heterocycles. The number of piperidine rings is 2. The lowest BCUT2D eigenvalue weighted by molar-refractivity contribution is -0.133. The van der Waals surface area contributed by atoms with E-state index in [0.717, 1.165) is 64.8 Å². The lowest BCUT2D eigenvalue weighted by atomic mass is 9.93. The van der Waals surface area contributed by atoms with Crippen molar-refractivity contribution in [1.82, 2.24) is 31.3 Å². The average molecular weight is 570 g/mol. The molecular formula is C29H56ClN7O2. The molecule has 4 rings (SSSR count). The van der Waals surface area contributed by atoms with Crippen LogP contribution in [0.1, 0.15) is 90.9 Å². The Balaban J connectivity index is 1.44. The maximum atomic E-state index is 14.0. The molecule has 0 aromatic heterocycles. The van der Waals surface area contributed by atoms with Crippen LogP contribution < -0.4 is 27.1 Å². The van der Waals surface area contributed by atoms with Crippen LogP contribution in [0.25, 0.3) is 0 Å². The molecule has 4 saturated heterocycles. The van der Waals surface area contributed by atoms with Gasteiger partial charge in [0.1, 0.15) is 0 Å². The molecule has 0 saturated carbocycles. The summed E-state index contributed by atoms with van der Waals surface area (Å²) in [7, 11) is 0. The highest BCUT2D eigenvalue weighted by atomic mass is 35.5. The molecule has 0 spiro atoms. The first kappa shape index (κ1) is 31.4. The minimum Gasteiger partial charge on any atom is -0.371 e. The van der Waals surface area contributed by atoms with E-state index < -0.39 is 6.17 Å². The zero-order chi connectivity index (χ0) is 27.6. The summed E-state index contributed by atoms with van der Waals surface area (Å²) in [5, 5.41) is 12.5. The molecule has 0 aromatic rings. The van der Waals surface area contributed by atoms with Gasteiger partial charge in [-0.15, -0.1) is 11.6 Å². The van der Waals surface area contributed by atoms with Gasteiger partial charge in [0.25, 0.3) is 0 Å². The maximum absolute atomic E-state index is 14.0. The summed E-state index contributed by atoms with van der Waals surface area (Å²) in [4.78, 5) is 16.5. The summed E-state index contributed by atoms with van der Waals surface area (Å²) in [5.41, 5.74) is 10.1. The Hall–Kier alpha value is -0.520. The van der Waals surface area contributed by atoms with Gasteiger partial charge in [-0.05, 0) is 45.2 Å². The molecule has 4 fully saturated rings. The molecular weight excluding hydrogens is 514 g/mol.